The van der Waals surface area contributed by atoms with E-state index in [1.165, 1.54) is 25.7 Å². The summed E-state index contributed by atoms with van der Waals surface area (Å²) >= 11 is 0. The maximum absolute atomic E-state index is 10.9. The van der Waals surface area contributed by atoms with Gasteiger partial charge in [-0.2, -0.15) is 0 Å². The highest BCUT2D eigenvalue weighted by molar-refractivity contribution is 5.81. The number of hydrogen-bond donors (Lipinski definition) is 1. The Balaban J connectivity index is 3.49. The lowest BCUT2D eigenvalue weighted by molar-refractivity contribution is -0.118. The molecule has 0 bridgehead atoms. The summed E-state index contributed by atoms with van der Waals surface area (Å²) in [5, 5.41) is 0. The fraction of sp³-hybridized carbons (Fsp3) is 0.909. The molecule has 0 aliphatic rings. The van der Waals surface area contributed by atoms with Gasteiger partial charge in [-0.15, -0.1) is 0 Å². The second-order valence-electron chi connectivity index (χ2n) is 4.05. The zero-order valence-electron chi connectivity index (χ0n) is 9.18. The second kappa shape index (κ2) is 7.07. The number of Topliss-reactive ketones (excluding diaryl/α,β-unsaturated/α-hetero) is 1. The van der Waals surface area contributed by atoms with Gasteiger partial charge in [0.05, 0.1) is 6.04 Å². The minimum absolute atomic E-state index is 0.113. The van der Waals surface area contributed by atoms with Crippen LogP contribution in [-0.4, -0.2) is 11.8 Å². The van der Waals surface area contributed by atoms with Gasteiger partial charge in [0.2, 0.25) is 0 Å². The van der Waals surface area contributed by atoms with Crippen LogP contribution in [0.5, 0.6) is 0 Å². The summed E-state index contributed by atoms with van der Waals surface area (Å²) in [6, 6.07) is -0.239. The van der Waals surface area contributed by atoms with E-state index >= 15 is 0 Å². The number of nitrogens with two attached hydrogens (primary N) is 1. The van der Waals surface area contributed by atoms with Gasteiger partial charge >= 0.3 is 0 Å². The number of hydrogen-bond acceptors (Lipinski definition) is 2. The molecule has 78 valence electrons. The lowest BCUT2D eigenvalue weighted by Crippen LogP contribution is -2.30. The molecule has 2 heteroatoms. The quantitative estimate of drug-likeness (QED) is 0.619. The van der Waals surface area contributed by atoms with E-state index in [4.69, 9.17) is 5.73 Å². The predicted molar refractivity (Wildman–Crippen MR) is 56.6 cm³/mol. The van der Waals surface area contributed by atoms with Gasteiger partial charge < -0.3 is 5.73 Å². The molecule has 0 heterocycles. The van der Waals surface area contributed by atoms with Crippen molar-refractivity contribution in [3.8, 4) is 0 Å². The first-order valence-electron chi connectivity index (χ1n) is 5.34. The highest BCUT2D eigenvalue weighted by Crippen LogP contribution is 2.14. The lowest BCUT2D eigenvalue weighted by atomic mass is 9.95. The molecular formula is C11H23NO. The fourth-order valence-electron chi connectivity index (χ4n) is 1.46. The minimum Gasteiger partial charge on any atom is -0.322 e. The molecule has 0 saturated carbocycles. The maximum Gasteiger partial charge on any atom is 0.146 e. The fourth-order valence-corrected chi connectivity index (χ4v) is 1.46. The third-order valence-corrected chi connectivity index (χ3v) is 2.48. The molecule has 2 N–H and O–H groups in total. The van der Waals surface area contributed by atoms with Crippen LogP contribution in [0.4, 0.5) is 0 Å². The van der Waals surface area contributed by atoms with Gasteiger partial charge in [0.25, 0.3) is 0 Å². The van der Waals surface area contributed by atoms with E-state index in [0.29, 0.717) is 5.92 Å². The lowest BCUT2D eigenvalue weighted by Gasteiger charge is -2.14. The SMILES string of the molecule is CCCCC[C@@H](C)C[C@H](N)C(C)=O. The van der Waals surface area contributed by atoms with Gasteiger partial charge in [0.1, 0.15) is 5.78 Å². The topological polar surface area (TPSA) is 43.1 Å². The Labute approximate surface area is 81.9 Å². The smallest absolute Gasteiger partial charge is 0.146 e. The Bertz CT molecular complexity index is 145. The minimum atomic E-state index is -0.239. The molecule has 0 aliphatic carbocycles. The Hall–Kier alpha value is -0.370. The zero-order chi connectivity index (χ0) is 10.3. The average Bonchev–Trinajstić information content (AvgIpc) is 2.04. The molecule has 13 heavy (non-hydrogen) atoms. The molecule has 0 aliphatic heterocycles. The van der Waals surface area contributed by atoms with E-state index in [-0.39, 0.29) is 11.8 Å². The number of rotatable bonds is 7. The molecule has 0 spiro atoms. The summed E-state index contributed by atoms with van der Waals surface area (Å²) < 4.78 is 0. The number of ketones is 1. The first-order valence-corrected chi connectivity index (χ1v) is 5.34. The van der Waals surface area contributed by atoms with Crippen LogP contribution in [0, 0.1) is 5.92 Å². The van der Waals surface area contributed by atoms with Crippen molar-refractivity contribution in [3.05, 3.63) is 0 Å². The van der Waals surface area contributed by atoms with Crippen molar-refractivity contribution >= 4 is 5.78 Å². The molecule has 0 radical (unpaired) electrons. The summed E-state index contributed by atoms with van der Waals surface area (Å²) in [6.07, 6.45) is 5.86. The van der Waals surface area contributed by atoms with Gasteiger partial charge in [-0.25, -0.2) is 0 Å². The molecule has 0 unspecified atom stereocenters. The molecule has 0 saturated heterocycles. The summed E-state index contributed by atoms with van der Waals surface area (Å²) in [7, 11) is 0. The van der Waals surface area contributed by atoms with Crippen molar-refractivity contribution in [1.29, 1.82) is 0 Å². The normalized spacial score (nSPS) is 15.4. The van der Waals surface area contributed by atoms with Gasteiger partial charge in [-0.1, -0.05) is 39.5 Å². The van der Waals surface area contributed by atoms with E-state index in [0.717, 1.165) is 6.42 Å². The Morgan fingerprint density at radius 2 is 2.00 bits per heavy atom. The Kier molecular flexibility index (Phi) is 6.87. The average molecular weight is 185 g/mol. The summed E-state index contributed by atoms with van der Waals surface area (Å²) in [5.41, 5.74) is 5.67. The molecule has 0 aromatic rings. The monoisotopic (exact) mass is 185 g/mol. The van der Waals surface area contributed by atoms with Crippen molar-refractivity contribution in [2.45, 2.75) is 58.9 Å². The zero-order valence-corrected chi connectivity index (χ0v) is 9.18. The summed E-state index contributed by atoms with van der Waals surface area (Å²) in [6.45, 7) is 5.95. The van der Waals surface area contributed by atoms with Crippen LogP contribution in [-0.2, 0) is 4.79 Å². The number of carbonyl (C=O) groups is 1. The van der Waals surface area contributed by atoms with Gasteiger partial charge in [-0.05, 0) is 19.3 Å². The van der Waals surface area contributed by atoms with Crippen molar-refractivity contribution in [3.63, 3.8) is 0 Å². The third-order valence-electron chi connectivity index (χ3n) is 2.48. The van der Waals surface area contributed by atoms with E-state index in [2.05, 4.69) is 13.8 Å². The number of carbonyl (C=O) groups excluding carboxylic acids is 1. The predicted octanol–water partition coefficient (Wildman–Crippen LogP) is 2.51. The first-order chi connectivity index (χ1) is 6.07. The molecule has 0 aromatic heterocycles. The van der Waals surface area contributed by atoms with Gasteiger partial charge in [0, 0.05) is 0 Å². The standard InChI is InChI=1S/C11H23NO/c1-4-5-6-7-9(2)8-11(12)10(3)13/h9,11H,4-8,12H2,1-3H3/t9-,11+/m1/s1. The molecule has 0 rings (SSSR count). The van der Waals surface area contributed by atoms with Crippen LogP contribution in [0.1, 0.15) is 52.9 Å². The first kappa shape index (κ1) is 12.6. The highest BCUT2D eigenvalue weighted by atomic mass is 16.1. The molecule has 0 fully saturated rings. The van der Waals surface area contributed by atoms with Crippen LogP contribution in [0.2, 0.25) is 0 Å². The second-order valence-corrected chi connectivity index (χ2v) is 4.05. The maximum atomic E-state index is 10.9. The van der Waals surface area contributed by atoms with E-state index < -0.39 is 0 Å². The van der Waals surface area contributed by atoms with Crippen LogP contribution in [0.15, 0.2) is 0 Å². The third kappa shape index (κ3) is 6.76. The summed E-state index contributed by atoms with van der Waals surface area (Å²) in [4.78, 5) is 10.9. The van der Waals surface area contributed by atoms with Crippen LogP contribution >= 0.6 is 0 Å². The van der Waals surface area contributed by atoms with E-state index in [1.54, 1.807) is 6.92 Å². The van der Waals surface area contributed by atoms with Crippen LogP contribution in [0.25, 0.3) is 0 Å². The van der Waals surface area contributed by atoms with E-state index in [9.17, 15) is 4.79 Å². The molecule has 2 nitrogen and oxygen atoms in total. The van der Waals surface area contributed by atoms with Gasteiger partial charge in [0.15, 0.2) is 0 Å². The van der Waals surface area contributed by atoms with Crippen LogP contribution < -0.4 is 5.73 Å². The molecule has 0 amide bonds. The highest BCUT2D eigenvalue weighted by Gasteiger charge is 2.12. The van der Waals surface area contributed by atoms with Crippen molar-refractivity contribution in [1.82, 2.24) is 0 Å². The molecule has 0 aromatic carbocycles. The Morgan fingerprint density at radius 3 is 2.46 bits per heavy atom. The van der Waals surface area contributed by atoms with Crippen LogP contribution in [0.3, 0.4) is 0 Å². The number of unbranched alkanes of at least 4 members (excludes halogenated alkanes) is 2. The van der Waals surface area contributed by atoms with Crippen molar-refractivity contribution in [2.24, 2.45) is 11.7 Å². The summed E-state index contributed by atoms with van der Waals surface area (Å²) in [5.74, 6) is 0.702. The largest absolute Gasteiger partial charge is 0.322 e. The Morgan fingerprint density at radius 1 is 1.38 bits per heavy atom. The molecule has 2 atom stereocenters. The van der Waals surface area contributed by atoms with Gasteiger partial charge in [-0.3, -0.25) is 4.79 Å². The van der Waals surface area contributed by atoms with Crippen molar-refractivity contribution < 1.29 is 4.79 Å². The molecular weight excluding hydrogens is 162 g/mol. The van der Waals surface area contributed by atoms with Crippen molar-refractivity contribution in [2.75, 3.05) is 0 Å². The van der Waals surface area contributed by atoms with E-state index in [1.807, 2.05) is 0 Å².